The quantitative estimate of drug-likeness (QED) is 0.876. The number of likely N-dealkylation sites (tertiary alicyclic amines) is 1. The molecule has 1 aliphatic rings. The Morgan fingerprint density at radius 1 is 1.47 bits per heavy atom. The second kappa shape index (κ2) is 6.68. The van der Waals surface area contributed by atoms with Crippen molar-refractivity contribution >= 4 is 5.91 Å². The fraction of sp³-hybridized carbons (Fsp3) is 0.533. The Bertz CT molecular complexity index is 408. The van der Waals surface area contributed by atoms with Gasteiger partial charge in [-0.05, 0) is 12.0 Å². The Hall–Kier alpha value is -1.39. The smallest absolute Gasteiger partial charge is 0.224 e. The number of amides is 1. The Kier molecular flexibility index (Phi) is 4.93. The minimum absolute atomic E-state index is 0.148. The van der Waals surface area contributed by atoms with Gasteiger partial charge in [0.1, 0.15) is 0 Å². The molecular formula is C15H22N2O2. The van der Waals surface area contributed by atoms with Crippen LogP contribution in [0.4, 0.5) is 0 Å². The van der Waals surface area contributed by atoms with Crippen molar-refractivity contribution in [2.75, 3.05) is 26.8 Å². The van der Waals surface area contributed by atoms with Crippen LogP contribution in [0.1, 0.15) is 24.4 Å². The van der Waals surface area contributed by atoms with Crippen LogP contribution in [0.5, 0.6) is 0 Å². The SMILES string of the molecule is COCC1CCN(C(=O)CC(N)c2ccccc2)C1. The summed E-state index contributed by atoms with van der Waals surface area (Å²) in [7, 11) is 1.70. The Morgan fingerprint density at radius 2 is 2.21 bits per heavy atom. The van der Waals surface area contributed by atoms with Crippen LogP contribution in [0.3, 0.4) is 0 Å². The van der Waals surface area contributed by atoms with Crippen LogP contribution >= 0.6 is 0 Å². The van der Waals surface area contributed by atoms with Gasteiger partial charge in [0.15, 0.2) is 0 Å². The number of carbonyl (C=O) groups excluding carboxylic acids is 1. The lowest BCUT2D eigenvalue weighted by Crippen LogP contribution is -2.31. The van der Waals surface area contributed by atoms with E-state index in [0.717, 1.165) is 31.7 Å². The molecule has 19 heavy (non-hydrogen) atoms. The summed E-state index contributed by atoms with van der Waals surface area (Å²) in [5.74, 6) is 0.622. The first kappa shape index (κ1) is 14.0. The standard InChI is InChI=1S/C15H22N2O2/c1-19-11-12-7-8-17(10-12)15(18)9-14(16)13-5-3-2-4-6-13/h2-6,12,14H,7-11,16H2,1H3. The molecule has 2 unspecified atom stereocenters. The summed E-state index contributed by atoms with van der Waals surface area (Å²) in [6.45, 7) is 2.36. The van der Waals surface area contributed by atoms with E-state index in [2.05, 4.69) is 0 Å². The molecule has 1 fully saturated rings. The van der Waals surface area contributed by atoms with Crippen molar-refractivity contribution in [3.05, 3.63) is 35.9 Å². The summed E-state index contributed by atoms with van der Waals surface area (Å²) >= 11 is 0. The van der Waals surface area contributed by atoms with Crippen LogP contribution in [0.25, 0.3) is 0 Å². The predicted molar refractivity (Wildman–Crippen MR) is 74.6 cm³/mol. The molecule has 0 spiro atoms. The first-order valence-electron chi connectivity index (χ1n) is 6.78. The van der Waals surface area contributed by atoms with Crippen LogP contribution in [-0.4, -0.2) is 37.6 Å². The van der Waals surface area contributed by atoms with E-state index in [0.29, 0.717) is 12.3 Å². The van der Waals surface area contributed by atoms with Gasteiger partial charge in [-0.15, -0.1) is 0 Å². The first-order chi connectivity index (χ1) is 9.20. The highest BCUT2D eigenvalue weighted by Crippen LogP contribution is 2.20. The molecule has 4 nitrogen and oxygen atoms in total. The molecule has 0 saturated carbocycles. The first-order valence-corrected chi connectivity index (χ1v) is 6.78. The number of nitrogens with zero attached hydrogens (tertiary/aromatic N) is 1. The molecule has 1 saturated heterocycles. The van der Waals surface area contributed by atoms with Crippen LogP contribution < -0.4 is 5.73 Å². The van der Waals surface area contributed by atoms with E-state index < -0.39 is 0 Å². The van der Waals surface area contributed by atoms with Gasteiger partial charge < -0.3 is 15.4 Å². The van der Waals surface area contributed by atoms with Crippen molar-refractivity contribution in [2.24, 2.45) is 11.7 Å². The largest absolute Gasteiger partial charge is 0.384 e. The highest BCUT2D eigenvalue weighted by atomic mass is 16.5. The molecule has 2 rings (SSSR count). The van der Waals surface area contributed by atoms with Gasteiger partial charge in [-0.2, -0.15) is 0 Å². The molecule has 1 aromatic carbocycles. The second-order valence-electron chi connectivity index (χ2n) is 5.17. The molecule has 2 atom stereocenters. The zero-order valence-electron chi connectivity index (χ0n) is 11.4. The molecular weight excluding hydrogens is 240 g/mol. The van der Waals surface area contributed by atoms with Crippen molar-refractivity contribution in [3.63, 3.8) is 0 Å². The summed E-state index contributed by atoms with van der Waals surface area (Å²) < 4.78 is 5.14. The number of rotatable bonds is 5. The number of hydrogen-bond acceptors (Lipinski definition) is 3. The minimum Gasteiger partial charge on any atom is -0.384 e. The zero-order valence-corrected chi connectivity index (χ0v) is 11.4. The van der Waals surface area contributed by atoms with Gasteiger partial charge in [0.05, 0.1) is 6.61 Å². The summed E-state index contributed by atoms with van der Waals surface area (Å²) in [6, 6.07) is 9.57. The molecule has 0 aromatic heterocycles. The third-order valence-corrected chi connectivity index (χ3v) is 3.66. The van der Waals surface area contributed by atoms with E-state index >= 15 is 0 Å². The molecule has 104 valence electrons. The minimum atomic E-state index is -0.213. The monoisotopic (exact) mass is 262 g/mol. The average Bonchev–Trinajstić information content (AvgIpc) is 2.89. The highest BCUT2D eigenvalue weighted by Gasteiger charge is 2.27. The van der Waals surface area contributed by atoms with E-state index in [-0.39, 0.29) is 11.9 Å². The predicted octanol–water partition coefficient (Wildman–Crippen LogP) is 1.57. The van der Waals surface area contributed by atoms with Crippen molar-refractivity contribution in [3.8, 4) is 0 Å². The average molecular weight is 262 g/mol. The van der Waals surface area contributed by atoms with Gasteiger partial charge in [-0.3, -0.25) is 4.79 Å². The van der Waals surface area contributed by atoms with Crippen LogP contribution in [0.15, 0.2) is 30.3 Å². The number of methoxy groups -OCH3 is 1. The normalized spacial score (nSPS) is 20.5. The third-order valence-electron chi connectivity index (χ3n) is 3.66. The topological polar surface area (TPSA) is 55.6 Å². The second-order valence-corrected chi connectivity index (χ2v) is 5.17. The number of carbonyl (C=O) groups is 1. The Labute approximate surface area is 114 Å². The van der Waals surface area contributed by atoms with E-state index in [9.17, 15) is 4.79 Å². The highest BCUT2D eigenvalue weighted by molar-refractivity contribution is 5.77. The molecule has 0 aliphatic carbocycles. The summed E-state index contributed by atoms with van der Waals surface area (Å²) in [5, 5.41) is 0. The fourth-order valence-electron chi connectivity index (χ4n) is 2.57. The lowest BCUT2D eigenvalue weighted by Gasteiger charge is -2.19. The number of benzene rings is 1. The molecule has 2 N–H and O–H groups in total. The zero-order chi connectivity index (χ0) is 13.7. The van der Waals surface area contributed by atoms with Gasteiger partial charge in [-0.1, -0.05) is 30.3 Å². The summed E-state index contributed by atoms with van der Waals surface area (Å²) in [6.07, 6.45) is 1.41. The maximum atomic E-state index is 12.2. The fourth-order valence-corrected chi connectivity index (χ4v) is 2.57. The van der Waals surface area contributed by atoms with Gasteiger partial charge in [0.2, 0.25) is 5.91 Å². The number of ether oxygens (including phenoxy) is 1. The molecule has 1 heterocycles. The number of nitrogens with two attached hydrogens (primary N) is 1. The summed E-state index contributed by atoms with van der Waals surface area (Å²) in [5.41, 5.74) is 7.10. The van der Waals surface area contributed by atoms with E-state index in [1.165, 1.54) is 0 Å². The lowest BCUT2D eigenvalue weighted by molar-refractivity contribution is -0.130. The molecule has 1 amide bonds. The van der Waals surface area contributed by atoms with Crippen molar-refractivity contribution in [2.45, 2.75) is 18.9 Å². The van der Waals surface area contributed by atoms with Gasteiger partial charge in [-0.25, -0.2) is 0 Å². The molecule has 4 heteroatoms. The maximum Gasteiger partial charge on any atom is 0.224 e. The molecule has 1 aliphatic heterocycles. The van der Waals surface area contributed by atoms with Gasteiger partial charge in [0, 0.05) is 38.6 Å². The number of hydrogen-bond donors (Lipinski definition) is 1. The van der Waals surface area contributed by atoms with E-state index in [1.807, 2.05) is 35.2 Å². The molecule has 1 aromatic rings. The van der Waals surface area contributed by atoms with Crippen molar-refractivity contribution in [1.82, 2.24) is 4.90 Å². The lowest BCUT2D eigenvalue weighted by atomic mass is 10.0. The van der Waals surface area contributed by atoms with Crippen molar-refractivity contribution < 1.29 is 9.53 Å². The van der Waals surface area contributed by atoms with Gasteiger partial charge >= 0.3 is 0 Å². The third kappa shape index (κ3) is 3.78. The summed E-state index contributed by atoms with van der Waals surface area (Å²) in [4.78, 5) is 14.1. The van der Waals surface area contributed by atoms with Gasteiger partial charge in [0.25, 0.3) is 0 Å². The van der Waals surface area contributed by atoms with Crippen LogP contribution in [0.2, 0.25) is 0 Å². The Balaban J connectivity index is 1.85. The Morgan fingerprint density at radius 3 is 2.89 bits per heavy atom. The van der Waals surface area contributed by atoms with E-state index in [1.54, 1.807) is 7.11 Å². The van der Waals surface area contributed by atoms with Crippen LogP contribution in [-0.2, 0) is 9.53 Å². The van der Waals surface area contributed by atoms with Crippen LogP contribution in [0, 0.1) is 5.92 Å². The maximum absolute atomic E-state index is 12.2. The molecule has 0 radical (unpaired) electrons. The molecule has 0 bridgehead atoms. The van der Waals surface area contributed by atoms with E-state index in [4.69, 9.17) is 10.5 Å². The van der Waals surface area contributed by atoms with Crippen molar-refractivity contribution in [1.29, 1.82) is 0 Å².